The normalized spacial score (nSPS) is 15.1. The maximum Gasteiger partial charge on any atom is 0.164 e. The van der Waals surface area contributed by atoms with Crippen molar-refractivity contribution in [1.29, 1.82) is 0 Å². The van der Waals surface area contributed by atoms with Crippen molar-refractivity contribution in [2.75, 3.05) is 0 Å². The number of fused-ring (bicyclic) bond motifs is 9. The first-order chi connectivity index (χ1) is 37.4. The molecule has 4 heterocycles. The molecule has 0 N–H and O–H groups in total. The van der Waals surface area contributed by atoms with Crippen LogP contribution in [-0.2, 0) is 0 Å². The maximum absolute atomic E-state index is 9.81. The number of nitrogens with zero attached hydrogens (tertiary/aromatic N) is 4. The molecule has 0 amide bonds. The predicted molar refractivity (Wildman–Crippen MR) is 262 cm³/mol. The van der Waals surface area contributed by atoms with E-state index in [9.17, 15) is 11.0 Å². The molecule has 294 valence electrons. The average molecular weight is 838 g/mol. The number of thiophene rings is 1. The Morgan fingerprint density at radius 2 is 1.25 bits per heavy atom. The van der Waals surface area contributed by atoms with Gasteiger partial charge < -0.3 is 8.98 Å². The lowest BCUT2D eigenvalue weighted by atomic mass is 9.99. The summed E-state index contributed by atoms with van der Waals surface area (Å²) in [6.07, 6.45) is 0. The molecule has 0 aliphatic rings. The number of hydrogen-bond acceptors (Lipinski definition) is 5. The lowest BCUT2D eigenvalue weighted by Crippen LogP contribution is -2.00. The first kappa shape index (κ1) is 23.7. The lowest BCUT2D eigenvalue weighted by Gasteiger charge is -2.10. The van der Waals surface area contributed by atoms with Gasteiger partial charge in [0.15, 0.2) is 23.1 Å². The Kier molecular flexibility index (Phi) is 5.34. The Morgan fingerprint density at radius 3 is 2.14 bits per heavy atom. The van der Waals surface area contributed by atoms with E-state index in [-0.39, 0.29) is 72.5 Å². The molecule has 5 nitrogen and oxygen atoms in total. The second-order valence-corrected chi connectivity index (χ2v) is 15.8. The third-order valence-corrected chi connectivity index (χ3v) is 12.3. The first-order valence-electron chi connectivity index (χ1n) is 27.4. The van der Waals surface area contributed by atoms with Crippen LogP contribution in [-0.4, -0.2) is 19.5 Å². The molecule has 0 aliphatic carbocycles. The van der Waals surface area contributed by atoms with Gasteiger partial charge in [-0.2, -0.15) is 0 Å². The van der Waals surface area contributed by atoms with Crippen LogP contribution >= 0.6 is 11.3 Å². The van der Waals surface area contributed by atoms with Crippen molar-refractivity contribution in [3.63, 3.8) is 0 Å². The van der Waals surface area contributed by atoms with Crippen LogP contribution in [0.2, 0.25) is 0 Å². The van der Waals surface area contributed by atoms with Gasteiger partial charge in [-0.25, -0.2) is 15.0 Å². The zero-order chi connectivity index (χ0) is 54.5. The van der Waals surface area contributed by atoms with Gasteiger partial charge in [0, 0.05) is 58.4 Å². The molecule has 0 radical (unpaired) electrons. The number of rotatable bonds is 6. The summed E-state index contributed by atoms with van der Waals surface area (Å²) in [5, 5.41) is 1.78. The monoisotopic (exact) mass is 837 g/mol. The van der Waals surface area contributed by atoms with Gasteiger partial charge in [-0.1, -0.05) is 170 Å². The Bertz CT molecular complexity index is 4810. The molecule has 0 spiro atoms. The van der Waals surface area contributed by atoms with Gasteiger partial charge in [0.05, 0.1) is 37.3 Å². The molecule has 0 bridgehead atoms. The molecule has 6 heteroatoms. The number of furan rings is 1. The van der Waals surface area contributed by atoms with Crippen molar-refractivity contribution in [2.45, 2.75) is 0 Å². The van der Waals surface area contributed by atoms with Crippen molar-refractivity contribution in [1.82, 2.24) is 19.5 Å². The van der Waals surface area contributed by atoms with Crippen LogP contribution in [0, 0.1) is 0 Å². The second-order valence-electron chi connectivity index (χ2n) is 14.8. The fourth-order valence-corrected chi connectivity index (χ4v) is 9.54. The summed E-state index contributed by atoms with van der Waals surface area (Å²) in [7, 11) is 0. The number of benzene rings is 9. The molecule has 0 aliphatic heterocycles. The van der Waals surface area contributed by atoms with E-state index in [1.54, 1.807) is 11.3 Å². The Hall–Kier alpha value is -8.19. The molecule has 0 saturated heterocycles. The van der Waals surface area contributed by atoms with E-state index < -0.39 is 102 Å². The molecule has 13 aromatic rings. The van der Waals surface area contributed by atoms with Crippen LogP contribution in [0.5, 0.6) is 0 Å². The first-order valence-corrected chi connectivity index (χ1v) is 20.7. The Labute approximate surface area is 386 Å². The van der Waals surface area contributed by atoms with Crippen LogP contribution in [0.25, 0.3) is 126 Å². The summed E-state index contributed by atoms with van der Waals surface area (Å²) in [6.45, 7) is 0. The van der Waals surface area contributed by atoms with E-state index in [2.05, 4.69) is 24.3 Å². The summed E-state index contributed by atoms with van der Waals surface area (Å²) in [5.74, 6) is 0.348. The quantitative estimate of drug-likeness (QED) is 0.167. The average Bonchev–Trinajstić information content (AvgIpc) is 4.32. The second kappa shape index (κ2) is 14.2. The highest BCUT2D eigenvalue weighted by molar-refractivity contribution is 7.26. The van der Waals surface area contributed by atoms with Crippen molar-refractivity contribution >= 4 is 75.3 Å². The van der Waals surface area contributed by atoms with Gasteiger partial charge in [-0.3, -0.25) is 0 Å². The third-order valence-electron chi connectivity index (χ3n) is 11.2. The number of aromatic nitrogens is 4. The third kappa shape index (κ3) is 5.73. The Balaban J connectivity index is 1.11. The van der Waals surface area contributed by atoms with E-state index in [0.29, 0.717) is 11.1 Å². The van der Waals surface area contributed by atoms with E-state index in [4.69, 9.17) is 29.0 Å². The highest BCUT2D eigenvalue weighted by atomic mass is 32.1. The SMILES string of the molecule is [2H]c1cc([2H])c(-c2c([2H])c([2H])c3c4c([2H])c([2H])c([2H])cc4n(-c4c([2H])c([2H])cc5c4oc4c([2H])c([2H])c([2H])c(-c6nc(-c7ccccc7)nc(-c7ccc8c(c7)sc7cccc(-c9ccccc9)c78)n6)c45)c3c2[2H])c([2H])c1[2H]. The van der Waals surface area contributed by atoms with E-state index in [0.717, 1.165) is 37.4 Å². The summed E-state index contributed by atoms with van der Waals surface area (Å²) in [4.78, 5) is 14.9. The van der Waals surface area contributed by atoms with E-state index >= 15 is 0 Å². The molecular weight excluding hydrogens is 789 g/mol. The van der Waals surface area contributed by atoms with Gasteiger partial charge in [-0.05, 0) is 58.6 Å². The molecule has 4 aromatic heterocycles. The zero-order valence-corrected chi connectivity index (χ0v) is 33.4. The molecule has 0 fully saturated rings. The summed E-state index contributed by atoms with van der Waals surface area (Å²) >= 11 is 1.61. The Morgan fingerprint density at radius 1 is 0.444 bits per heavy atom. The number of hydrogen-bond donors (Lipinski definition) is 0. The van der Waals surface area contributed by atoms with E-state index in [1.807, 2.05) is 72.8 Å². The minimum Gasteiger partial charge on any atom is -0.454 e. The van der Waals surface area contributed by atoms with Crippen LogP contribution in [0.15, 0.2) is 210 Å². The minimum atomic E-state index is -0.664. The standard InChI is InChI=1S/C57H34N4OS/c1-4-15-35(16-5-1)38-29-31-42-41-21-10-11-25-46(41)61(48(42)33-38)47-26-12-23-44-52-45(24-13-27-49(52)62-54(44)47)57-59-55(37-19-8-3-9-20-37)58-56(60-57)39-30-32-43-51(34-39)63-50-28-14-22-40(53(43)50)36-17-6-2-7-18-36/h1-34H/i1D,4D,10D,11D,12D,13D,15D,16D,21D,24D,26D,27D,29D,31D,33D. The smallest absolute Gasteiger partial charge is 0.164 e. The molecule has 13 rings (SSSR count). The van der Waals surface area contributed by atoms with E-state index in [1.165, 1.54) is 16.7 Å². The molecule has 0 unspecified atom stereocenters. The van der Waals surface area contributed by atoms with Crippen LogP contribution in [0.4, 0.5) is 0 Å². The summed E-state index contributed by atoms with van der Waals surface area (Å²) < 4.78 is 146. The van der Waals surface area contributed by atoms with Gasteiger partial charge in [0.2, 0.25) is 0 Å². The largest absolute Gasteiger partial charge is 0.454 e. The lowest BCUT2D eigenvalue weighted by molar-refractivity contribution is 0.666. The van der Waals surface area contributed by atoms with Crippen molar-refractivity contribution in [3.8, 4) is 62.1 Å². The topological polar surface area (TPSA) is 56.7 Å². The summed E-state index contributed by atoms with van der Waals surface area (Å²) in [5.41, 5.74) is 1.25. The molecule has 0 saturated carbocycles. The number of para-hydroxylation sites is 2. The van der Waals surface area contributed by atoms with Gasteiger partial charge in [-0.15, -0.1) is 11.3 Å². The summed E-state index contributed by atoms with van der Waals surface area (Å²) in [6, 6.07) is 26.7. The van der Waals surface area contributed by atoms with Crippen LogP contribution < -0.4 is 0 Å². The molecular formula is C57H34N4OS. The highest BCUT2D eigenvalue weighted by Crippen LogP contribution is 2.44. The fraction of sp³-hybridized carbons (Fsp3) is 0. The van der Waals surface area contributed by atoms with Crippen molar-refractivity contribution < 1.29 is 25.0 Å². The van der Waals surface area contributed by atoms with Crippen LogP contribution in [0.3, 0.4) is 0 Å². The highest BCUT2D eigenvalue weighted by Gasteiger charge is 2.22. The van der Waals surface area contributed by atoms with Gasteiger partial charge in [0.25, 0.3) is 0 Å². The zero-order valence-electron chi connectivity index (χ0n) is 47.6. The van der Waals surface area contributed by atoms with Gasteiger partial charge >= 0.3 is 0 Å². The molecule has 0 atom stereocenters. The maximum atomic E-state index is 9.81. The van der Waals surface area contributed by atoms with Crippen molar-refractivity contribution in [2.24, 2.45) is 0 Å². The van der Waals surface area contributed by atoms with Crippen molar-refractivity contribution in [3.05, 3.63) is 206 Å². The van der Waals surface area contributed by atoms with Gasteiger partial charge in [0.1, 0.15) is 5.58 Å². The fourth-order valence-electron chi connectivity index (χ4n) is 8.36. The predicted octanol–water partition coefficient (Wildman–Crippen LogP) is 15.6. The molecule has 63 heavy (non-hydrogen) atoms. The van der Waals surface area contributed by atoms with Crippen LogP contribution in [0.1, 0.15) is 20.6 Å². The minimum absolute atomic E-state index is 0.0180. The molecule has 9 aromatic carbocycles.